The van der Waals surface area contributed by atoms with Gasteiger partial charge in [-0.1, -0.05) is 5.21 Å². The highest BCUT2D eigenvalue weighted by molar-refractivity contribution is 5.92. The topological polar surface area (TPSA) is 95.1 Å². The van der Waals surface area contributed by atoms with Gasteiger partial charge in [0, 0.05) is 24.7 Å². The van der Waals surface area contributed by atoms with Gasteiger partial charge in [0.1, 0.15) is 11.4 Å². The van der Waals surface area contributed by atoms with Gasteiger partial charge >= 0.3 is 0 Å². The Kier molecular flexibility index (Phi) is 4.51. The molecule has 1 atom stereocenters. The molecule has 0 saturated heterocycles. The van der Waals surface area contributed by atoms with Gasteiger partial charge in [0.25, 0.3) is 5.91 Å². The largest absolute Gasteiger partial charge is 0.487 e. The van der Waals surface area contributed by atoms with Gasteiger partial charge in [0.05, 0.1) is 12.2 Å². The Morgan fingerprint density at radius 3 is 2.87 bits per heavy atom. The number of nitrogen functional groups attached to an aromatic ring is 1. The number of nitrogens with zero attached hydrogens (tertiary/aromatic N) is 3. The second-order valence-electron chi connectivity index (χ2n) is 6.17. The maximum atomic E-state index is 12.3. The van der Waals surface area contributed by atoms with E-state index >= 15 is 0 Å². The molecule has 124 valence electrons. The highest BCUT2D eigenvalue weighted by atomic mass is 35.5. The zero-order valence-electron chi connectivity index (χ0n) is 13.2. The number of hydrogen-bond donors (Lipinski definition) is 2. The van der Waals surface area contributed by atoms with Crippen LogP contribution in [0.25, 0.3) is 0 Å². The number of carbonyl (C=O) groups is 1. The van der Waals surface area contributed by atoms with Crippen molar-refractivity contribution >= 4 is 24.0 Å². The monoisotopic (exact) mass is 337 g/mol. The SMILES string of the molecule is Cl.Cn1cc(C(=O)NC2CC(C)(C)Oc3ccc(N)cc32)nn1. The minimum Gasteiger partial charge on any atom is -0.487 e. The highest BCUT2D eigenvalue weighted by Gasteiger charge is 2.35. The zero-order valence-corrected chi connectivity index (χ0v) is 14.1. The molecule has 3 rings (SSSR count). The third kappa shape index (κ3) is 3.56. The molecule has 3 N–H and O–H groups in total. The molecule has 1 aromatic carbocycles. The van der Waals surface area contributed by atoms with E-state index in [0.717, 1.165) is 11.3 Å². The van der Waals surface area contributed by atoms with Crippen molar-refractivity contribution in [2.24, 2.45) is 7.05 Å². The smallest absolute Gasteiger partial charge is 0.273 e. The van der Waals surface area contributed by atoms with Crippen molar-refractivity contribution in [3.8, 4) is 5.75 Å². The first kappa shape index (κ1) is 17.1. The average Bonchev–Trinajstić information content (AvgIpc) is 2.85. The molecule has 0 saturated carbocycles. The summed E-state index contributed by atoms with van der Waals surface area (Å²) in [5, 5.41) is 10.6. The predicted molar refractivity (Wildman–Crippen MR) is 88.6 cm³/mol. The summed E-state index contributed by atoms with van der Waals surface area (Å²) < 4.78 is 7.45. The maximum absolute atomic E-state index is 12.3. The standard InChI is InChI=1S/C15H19N5O2.ClH/c1-15(2)7-11(10-6-9(16)4-5-13(10)22-15)17-14(21)12-8-20(3)19-18-12;/h4-6,8,11H,7,16H2,1-3H3,(H,17,21);1H. The molecule has 2 aromatic rings. The molecule has 0 bridgehead atoms. The molecule has 0 spiro atoms. The first-order valence-corrected chi connectivity index (χ1v) is 7.10. The van der Waals surface area contributed by atoms with Crippen LogP contribution in [0.1, 0.15) is 42.4 Å². The molecular formula is C15H20ClN5O2. The number of carbonyl (C=O) groups excluding carboxylic acids is 1. The lowest BCUT2D eigenvalue weighted by Crippen LogP contribution is -2.41. The van der Waals surface area contributed by atoms with Crippen LogP contribution in [-0.4, -0.2) is 26.5 Å². The lowest BCUT2D eigenvalue weighted by atomic mass is 9.89. The van der Waals surface area contributed by atoms with E-state index in [-0.39, 0.29) is 35.7 Å². The second-order valence-corrected chi connectivity index (χ2v) is 6.17. The van der Waals surface area contributed by atoms with Crippen LogP contribution in [0.4, 0.5) is 5.69 Å². The van der Waals surface area contributed by atoms with Crippen LogP contribution in [0, 0.1) is 0 Å². The number of amides is 1. The Labute approximate surface area is 140 Å². The zero-order chi connectivity index (χ0) is 15.9. The maximum Gasteiger partial charge on any atom is 0.273 e. The number of aromatic nitrogens is 3. The van der Waals surface area contributed by atoms with Gasteiger partial charge in [-0.3, -0.25) is 9.48 Å². The van der Waals surface area contributed by atoms with Gasteiger partial charge in [-0.2, -0.15) is 0 Å². The Balaban J connectivity index is 0.00000192. The molecule has 1 unspecified atom stereocenters. The minimum atomic E-state index is -0.372. The van der Waals surface area contributed by atoms with Crippen molar-refractivity contribution in [3.05, 3.63) is 35.7 Å². The molecular weight excluding hydrogens is 318 g/mol. The van der Waals surface area contributed by atoms with Crippen LogP contribution in [-0.2, 0) is 7.05 Å². The third-order valence-electron chi connectivity index (χ3n) is 3.63. The van der Waals surface area contributed by atoms with Crippen molar-refractivity contribution in [2.75, 3.05) is 5.73 Å². The number of rotatable bonds is 2. The van der Waals surface area contributed by atoms with Crippen LogP contribution in [0.3, 0.4) is 0 Å². The van der Waals surface area contributed by atoms with Crippen LogP contribution < -0.4 is 15.8 Å². The summed E-state index contributed by atoms with van der Waals surface area (Å²) >= 11 is 0. The number of nitrogens with two attached hydrogens (primary N) is 1. The van der Waals surface area contributed by atoms with E-state index in [1.807, 2.05) is 26.0 Å². The molecule has 1 aliphatic heterocycles. The summed E-state index contributed by atoms with van der Waals surface area (Å²) in [6, 6.07) is 5.29. The molecule has 1 amide bonds. The van der Waals surface area contributed by atoms with Crippen molar-refractivity contribution in [2.45, 2.75) is 31.9 Å². The first-order chi connectivity index (χ1) is 10.3. The van der Waals surface area contributed by atoms with E-state index in [1.165, 1.54) is 4.68 Å². The number of fused-ring (bicyclic) bond motifs is 1. The summed E-state index contributed by atoms with van der Waals surface area (Å²) in [7, 11) is 1.72. The van der Waals surface area contributed by atoms with E-state index < -0.39 is 0 Å². The van der Waals surface area contributed by atoms with Crippen molar-refractivity contribution < 1.29 is 9.53 Å². The van der Waals surface area contributed by atoms with E-state index in [1.54, 1.807) is 19.3 Å². The fourth-order valence-corrected chi connectivity index (χ4v) is 2.69. The molecule has 8 heteroatoms. The molecule has 1 aromatic heterocycles. The Bertz CT molecular complexity index is 728. The summed E-state index contributed by atoms with van der Waals surface area (Å²) in [6.45, 7) is 3.99. The van der Waals surface area contributed by atoms with Crippen LogP contribution in [0.2, 0.25) is 0 Å². The molecule has 0 fully saturated rings. The number of aryl methyl sites for hydroxylation is 1. The molecule has 0 aliphatic carbocycles. The number of hydrogen-bond acceptors (Lipinski definition) is 5. The van der Waals surface area contributed by atoms with E-state index in [4.69, 9.17) is 10.5 Å². The average molecular weight is 338 g/mol. The summed E-state index contributed by atoms with van der Waals surface area (Å²) in [5.74, 6) is 0.485. The first-order valence-electron chi connectivity index (χ1n) is 7.10. The minimum absolute atomic E-state index is 0. The Hall–Kier alpha value is -2.28. The molecule has 23 heavy (non-hydrogen) atoms. The van der Waals surface area contributed by atoms with Crippen molar-refractivity contribution in [3.63, 3.8) is 0 Å². The normalized spacial score (nSPS) is 18.3. The molecule has 7 nitrogen and oxygen atoms in total. The summed E-state index contributed by atoms with van der Waals surface area (Å²) in [4.78, 5) is 12.3. The molecule has 2 heterocycles. The van der Waals surface area contributed by atoms with E-state index in [2.05, 4.69) is 15.6 Å². The fraction of sp³-hybridized carbons (Fsp3) is 0.400. The number of anilines is 1. The van der Waals surface area contributed by atoms with Gasteiger partial charge < -0.3 is 15.8 Å². The summed E-state index contributed by atoms with van der Waals surface area (Å²) in [6.07, 6.45) is 2.23. The van der Waals surface area contributed by atoms with Gasteiger partial charge in [-0.15, -0.1) is 17.5 Å². The Morgan fingerprint density at radius 1 is 1.48 bits per heavy atom. The molecule has 1 aliphatic rings. The lowest BCUT2D eigenvalue weighted by molar-refractivity contribution is 0.0618. The third-order valence-corrected chi connectivity index (χ3v) is 3.63. The lowest BCUT2D eigenvalue weighted by Gasteiger charge is -2.37. The van der Waals surface area contributed by atoms with Crippen LogP contribution in [0.5, 0.6) is 5.75 Å². The molecule has 0 radical (unpaired) electrons. The van der Waals surface area contributed by atoms with E-state index in [0.29, 0.717) is 12.1 Å². The van der Waals surface area contributed by atoms with E-state index in [9.17, 15) is 4.79 Å². The van der Waals surface area contributed by atoms with Crippen LogP contribution in [0.15, 0.2) is 24.4 Å². The number of halogens is 1. The number of ether oxygens (including phenoxy) is 1. The van der Waals surface area contributed by atoms with Crippen LogP contribution >= 0.6 is 12.4 Å². The predicted octanol–water partition coefficient (Wildman–Crippen LogP) is 1.85. The van der Waals surface area contributed by atoms with Gasteiger partial charge in [0.15, 0.2) is 5.69 Å². The van der Waals surface area contributed by atoms with Gasteiger partial charge in [-0.25, -0.2) is 0 Å². The quantitative estimate of drug-likeness (QED) is 0.815. The van der Waals surface area contributed by atoms with Gasteiger partial charge in [-0.05, 0) is 32.0 Å². The van der Waals surface area contributed by atoms with Crippen molar-refractivity contribution in [1.29, 1.82) is 0 Å². The summed E-state index contributed by atoms with van der Waals surface area (Å²) in [5.41, 5.74) is 7.31. The van der Waals surface area contributed by atoms with Crippen molar-refractivity contribution in [1.82, 2.24) is 20.3 Å². The van der Waals surface area contributed by atoms with Gasteiger partial charge in [0.2, 0.25) is 0 Å². The highest BCUT2D eigenvalue weighted by Crippen LogP contribution is 2.40. The fourth-order valence-electron chi connectivity index (χ4n) is 2.69. The Morgan fingerprint density at radius 2 is 2.22 bits per heavy atom. The number of benzene rings is 1. The number of nitrogens with one attached hydrogen (secondary N) is 1. The second kappa shape index (κ2) is 6.08.